The number of hydrogen-bond acceptors (Lipinski definition) is 4. The third-order valence-corrected chi connectivity index (χ3v) is 2.31. The van der Waals surface area contributed by atoms with Gasteiger partial charge in [-0.05, 0) is 6.92 Å². The molecule has 3 N–H and O–H groups in total. The van der Waals surface area contributed by atoms with Crippen LogP contribution in [0, 0.1) is 0 Å². The van der Waals surface area contributed by atoms with Gasteiger partial charge in [0.1, 0.15) is 6.04 Å². The zero-order valence-corrected chi connectivity index (χ0v) is 7.56. The van der Waals surface area contributed by atoms with Crippen molar-refractivity contribution in [3.8, 4) is 0 Å². The first-order valence-corrected chi connectivity index (χ1v) is 4.24. The molecule has 12 heavy (non-hydrogen) atoms. The second kappa shape index (κ2) is 4.95. The van der Waals surface area contributed by atoms with Crippen LogP contribution in [0.5, 0.6) is 0 Å². The number of Topliss-reactive ketones (excluding diaryl/α,β-unsaturated/α-hetero) is 1. The van der Waals surface area contributed by atoms with E-state index in [1.54, 1.807) is 0 Å². The summed E-state index contributed by atoms with van der Waals surface area (Å²) in [6.45, 7) is 4.83. The van der Waals surface area contributed by atoms with Crippen molar-refractivity contribution < 1.29 is 14.7 Å². The fourth-order valence-corrected chi connectivity index (χ4v) is 1.09. The largest absolute Gasteiger partial charge is 0.480 e. The Morgan fingerprint density at radius 3 is 2.50 bits per heavy atom. The van der Waals surface area contributed by atoms with Gasteiger partial charge in [0.2, 0.25) is 0 Å². The number of carbonyl (C=O) groups is 2. The Morgan fingerprint density at radius 2 is 2.17 bits per heavy atom. The van der Waals surface area contributed by atoms with Gasteiger partial charge in [0, 0.05) is 10.7 Å². The van der Waals surface area contributed by atoms with Crippen LogP contribution in [-0.4, -0.2) is 28.7 Å². The molecule has 0 aliphatic heterocycles. The van der Waals surface area contributed by atoms with Crippen LogP contribution in [0.2, 0.25) is 0 Å². The van der Waals surface area contributed by atoms with E-state index in [1.807, 2.05) is 0 Å². The minimum absolute atomic E-state index is 0.155. The maximum Gasteiger partial charge on any atom is 0.321 e. The van der Waals surface area contributed by atoms with Crippen LogP contribution in [0.1, 0.15) is 6.92 Å². The number of carbonyl (C=O) groups excluding carboxylic acids is 1. The first-order valence-electron chi connectivity index (χ1n) is 3.26. The number of thioether (sulfide) groups is 1. The molecule has 5 heteroatoms. The van der Waals surface area contributed by atoms with Crippen LogP contribution in [0.4, 0.5) is 0 Å². The normalized spacial score (nSPS) is 12.2. The smallest absolute Gasteiger partial charge is 0.321 e. The van der Waals surface area contributed by atoms with Crippen LogP contribution in [0.15, 0.2) is 11.5 Å². The zero-order chi connectivity index (χ0) is 9.72. The Bertz CT molecular complexity index is 215. The lowest BCUT2D eigenvalue weighted by Gasteiger charge is -2.05. The average Bonchev–Trinajstić information content (AvgIpc) is 1.98. The predicted octanol–water partition coefficient (Wildman–Crippen LogP) is 0.234. The van der Waals surface area contributed by atoms with E-state index in [0.29, 0.717) is 4.91 Å². The molecule has 0 fully saturated rings. The van der Waals surface area contributed by atoms with Crippen LogP contribution >= 0.6 is 11.8 Å². The molecule has 0 aromatic rings. The topological polar surface area (TPSA) is 80.4 Å². The molecule has 1 atom stereocenters. The monoisotopic (exact) mass is 189 g/mol. The van der Waals surface area contributed by atoms with Crippen molar-refractivity contribution in [2.24, 2.45) is 5.73 Å². The van der Waals surface area contributed by atoms with E-state index < -0.39 is 12.0 Å². The first-order chi connectivity index (χ1) is 5.45. The van der Waals surface area contributed by atoms with Crippen LogP contribution < -0.4 is 5.73 Å². The summed E-state index contributed by atoms with van der Waals surface area (Å²) < 4.78 is 0. The molecule has 4 nitrogen and oxygen atoms in total. The molecule has 0 rings (SSSR count). The van der Waals surface area contributed by atoms with Crippen LogP contribution in [0.3, 0.4) is 0 Å². The summed E-state index contributed by atoms with van der Waals surface area (Å²) in [7, 11) is 0. The van der Waals surface area contributed by atoms with Crippen molar-refractivity contribution in [1.82, 2.24) is 0 Å². The van der Waals surface area contributed by atoms with Gasteiger partial charge in [-0.3, -0.25) is 9.59 Å². The third kappa shape index (κ3) is 4.15. The van der Waals surface area contributed by atoms with E-state index in [1.165, 1.54) is 6.92 Å². The van der Waals surface area contributed by atoms with Gasteiger partial charge >= 0.3 is 5.97 Å². The lowest BCUT2D eigenvalue weighted by molar-refractivity contribution is -0.137. The first kappa shape index (κ1) is 11.2. The standard InChI is InChI=1S/C7H11NO3S/c1-4(9)5(2)12-3-6(8)7(10)11/h6H,2-3,8H2,1H3,(H,10,11). The number of carboxylic acid groups (broad SMARTS) is 1. The zero-order valence-electron chi connectivity index (χ0n) is 6.74. The molecule has 0 radical (unpaired) electrons. The maximum absolute atomic E-state index is 10.6. The highest BCUT2D eigenvalue weighted by atomic mass is 32.2. The summed E-state index contributed by atoms with van der Waals surface area (Å²) in [5, 5.41) is 8.38. The number of aliphatic carboxylic acids is 1. The van der Waals surface area contributed by atoms with Crippen molar-refractivity contribution in [3.63, 3.8) is 0 Å². The van der Waals surface area contributed by atoms with Gasteiger partial charge in [-0.2, -0.15) is 0 Å². The fraction of sp³-hybridized carbons (Fsp3) is 0.429. The van der Waals surface area contributed by atoms with E-state index in [0.717, 1.165) is 11.8 Å². The van der Waals surface area contributed by atoms with Crippen LogP contribution in [-0.2, 0) is 9.59 Å². The molecule has 0 bridgehead atoms. The van der Waals surface area contributed by atoms with Gasteiger partial charge in [-0.25, -0.2) is 0 Å². The highest BCUT2D eigenvalue weighted by Gasteiger charge is 2.12. The molecule has 0 heterocycles. The molecule has 1 unspecified atom stereocenters. The molecular weight excluding hydrogens is 178 g/mol. The summed E-state index contributed by atoms with van der Waals surface area (Å²) >= 11 is 1.07. The number of hydrogen-bond donors (Lipinski definition) is 2. The summed E-state index contributed by atoms with van der Waals surface area (Å²) in [5.74, 6) is -1.05. The van der Waals surface area contributed by atoms with Gasteiger partial charge in [-0.1, -0.05) is 6.58 Å². The highest BCUT2D eigenvalue weighted by molar-refractivity contribution is 8.04. The van der Waals surface area contributed by atoms with E-state index in [9.17, 15) is 9.59 Å². The van der Waals surface area contributed by atoms with E-state index >= 15 is 0 Å². The average molecular weight is 189 g/mol. The SMILES string of the molecule is C=C(SCC(N)C(=O)O)C(C)=O. The fourth-order valence-electron chi connectivity index (χ4n) is 0.363. The summed E-state index contributed by atoms with van der Waals surface area (Å²) in [4.78, 5) is 21.2. The van der Waals surface area contributed by atoms with Gasteiger partial charge < -0.3 is 10.8 Å². The van der Waals surface area contributed by atoms with Gasteiger partial charge in [-0.15, -0.1) is 11.8 Å². The number of nitrogens with two attached hydrogens (primary N) is 1. The second-order valence-corrected chi connectivity index (χ2v) is 3.35. The predicted molar refractivity (Wildman–Crippen MR) is 47.9 cm³/mol. The van der Waals surface area contributed by atoms with Gasteiger partial charge in [0.05, 0.1) is 0 Å². The van der Waals surface area contributed by atoms with Gasteiger partial charge in [0.15, 0.2) is 5.78 Å². The molecule has 0 aromatic heterocycles. The molecule has 0 saturated carbocycles. The molecule has 0 aliphatic rings. The molecular formula is C7H11NO3S. The number of rotatable bonds is 5. The Morgan fingerprint density at radius 1 is 1.67 bits per heavy atom. The number of ketones is 1. The lowest BCUT2D eigenvalue weighted by Crippen LogP contribution is -2.32. The molecule has 0 amide bonds. The second-order valence-electron chi connectivity index (χ2n) is 2.24. The number of carboxylic acids is 1. The summed E-state index contributed by atoms with van der Waals surface area (Å²) in [6.07, 6.45) is 0. The lowest BCUT2D eigenvalue weighted by atomic mass is 10.4. The Balaban J connectivity index is 3.76. The van der Waals surface area contributed by atoms with E-state index in [2.05, 4.69) is 6.58 Å². The van der Waals surface area contributed by atoms with Crippen LogP contribution in [0.25, 0.3) is 0 Å². The van der Waals surface area contributed by atoms with Crippen molar-refractivity contribution in [2.75, 3.05) is 5.75 Å². The minimum atomic E-state index is -1.07. The summed E-state index contributed by atoms with van der Waals surface area (Å²) in [5.41, 5.74) is 5.19. The maximum atomic E-state index is 10.6. The van der Waals surface area contributed by atoms with E-state index in [4.69, 9.17) is 10.8 Å². The van der Waals surface area contributed by atoms with Crippen molar-refractivity contribution in [3.05, 3.63) is 11.5 Å². The Labute approximate surface area is 74.8 Å². The summed E-state index contributed by atoms with van der Waals surface area (Å²) in [6, 6.07) is -0.939. The van der Waals surface area contributed by atoms with Gasteiger partial charge in [0.25, 0.3) is 0 Å². The quantitative estimate of drug-likeness (QED) is 0.605. The molecule has 0 aromatic carbocycles. The third-order valence-electron chi connectivity index (χ3n) is 1.15. The highest BCUT2D eigenvalue weighted by Crippen LogP contribution is 2.14. The van der Waals surface area contributed by atoms with Crippen molar-refractivity contribution in [2.45, 2.75) is 13.0 Å². The Kier molecular flexibility index (Phi) is 4.61. The molecule has 0 aliphatic carbocycles. The Hall–Kier alpha value is -0.810. The van der Waals surface area contributed by atoms with Crippen molar-refractivity contribution >= 4 is 23.5 Å². The minimum Gasteiger partial charge on any atom is -0.480 e. The van der Waals surface area contributed by atoms with Crippen molar-refractivity contribution in [1.29, 1.82) is 0 Å². The van der Waals surface area contributed by atoms with E-state index in [-0.39, 0.29) is 11.5 Å². The molecule has 0 saturated heterocycles. The molecule has 68 valence electrons. The molecule has 0 spiro atoms. The number of allylic oxidation sites excluding steroid dienone is 1.